The Morgan fingerprint density at radius 2 is 1.38 bits per heavy atom. The molecule has 0 aromatic heterocycles. The van der Waals surface area contributed by atoms with Crippen molar-refractivity contribution in [1.29, 1.82) is 0 Å². The smallest absolute Gasteiger partial charge is 0.265 e. The van der Waals surface area contributed by atoms with Crippen molar-refractivity contribution >= 4 is 31.8 Å². The molecular formula is C19H16O8S2. The van der Waals surface area contributed by atoms with Crippen molar-refractivity contribution in [2.75, 3.05) is 12.5 Å². The van der Waals surface area contributed by atoms with Crippen molar-refractivity contribution < 1.29 is 34.8 Å². The average molecular weight is 436 g/mol. The van der Waals surface area contributed by atoms with Crippen LogP contribution in [0.4, 0.5) is 0 Å². The number of rotatable bonds is 4. The molecule has 2 aromatic rings. The molecule has 0 fully saturated rings. The number of hydrogen-bond acceptors (Lipinski definition) is 8. The van der Waals surface area contributed by atoms with Crippen LogP contribution in [0.2, 0.25) is 0 Å². The Morgan fingerprint density at radius 3 is 1.97 bits per heavy atom. The number of carbonyl (C=O) groups excluding carboxylic acids is 2. The second-order valence-corrected chi connectivity index (χ2v) is 10.2. The van der Waals surface area contributed by atoms with E-state index in [9.17, 15) is 26.4 Å². The predicted octanol–water partition coefficient (Wildman–Crippen LogP) is 1.38. The molecule has 152 valence electrons. The molecule has 0 bridgehead atoms. The summed E-state index contributed by atoms with van der Waals surface area (Å²) in [6.45, 7) is 0. The van der Waals surface area contributed by atoms with Gasteiger partial charge in [0.25, 0.3) is 20.2 Å². The molecule has 2 unspecified atom stereocenters. The lowest BCUT2D eigenvalue weighted by molar-refractivity contribution is 0.0780. The van der Waals surface area contributed by atoms with E-state index in [0.29, 0.717) is 11.1 Å². The van der Waals surface area contributed by atoms with Crippen LogP contribution in [0.25, 0.3) is 0 Å². The van der Waals surface area contributed by atoms with Gasteiger partial charge in [-0.05, 0) is 17.2 Å². The highest BCUT2D eigenvalue weighted by Crippen LogP contribution is 2.42. The summed E-state index contributed by atoms with van der Waals surface area (Å²) in [4.78, 5) is 26.0. The number of hydrogen-bond donors (Lipinski definition) is 0. The monoisotopic (exact) mass is 436 g/mol. The van der Waals surface area contributed by atoms with Gasteiger partial charge < -0.3 is 0 Å². The van der Waals surface area contributed by atoms with Gasteiger partial charge in [-0.3, -0.25) is 18.0 Å². The zero-order valence-corrected chi connectivity index (χ0v) is 17.0. The molecule has 0 radical (unpaired) electrons. The number of carbonyl (C=O) groups is 2. The first-order valence-corrected chi connectivity index (χ1v) is 12.2. The van der Waals surface area contributed by atoms with Crippen LogP contribution in [0.15, 0.2) is 36.4 Å². The van der Waals surface area contributed by atoms with E-state index in [-0.39, 0.29) is 40.2 Å². The summed E-state index contributed by atoms with van der Waals surface area (Å²) < 4.78 is 56.9. The van der Waals surface area contributed by atoms with E-state index in [1.54, 1.807) is 24.3 Å². The Labute approximate surface area is 167 Å². The first-order valence-electron chi connectivity index (χ1n) is 8.57. The average Bonchev–Trinajstić information content (AvgIpc) is 2.93. The van der Waals surface area contributed by atoms with E-state index < -0.39 is 32.4 Å². The summed E-state index contributed by atoms with van der Waals surface area (Å²) >= 11 is 0. The van der Waals surface area contributed by atoms with Gasteiger partial charge in [0.2, 0.25) is 0 Å². The SMILES string of the molecule is CS(=O)(=O)OC1Cc2c(ccc3c2C(=O)c2ccccc2C3=O)C1OS(C)(=O)=O. The summed E-state index contributed by atoms with van der Waals surface area (Å²) in [5.74, 6) is -0.712. The third-order valence-electron chi connectivity index (χ3n) is 4.86. The maximum Gasteiger partial charge on any atom is 0.265 e. The molecule has 4 rings (SSSR count). The Balaban J connectivity index is 1.89. The highest BCUT2D eigenvalue weighted by molar-refractivity contribution is 7.86. The second-order valence-electron chi connectivity index (χ2n) is 7.02. The summed E-state index contributed by atoms with van der Waals surface area (Å²) in [6.07, 6.45) is -0.839. The number of ketones is 2. The van der Waals surface area contributed by atoms with Crippen molar-refractivity contribution in [3.8, 4) is 0 Å². The van der Waals surface area contributed by atoms with Crippen molar-refractivity contribution in [3.05, 3.63) is 69.8 Å². The van der Waals surface area contributed by atoms with Gasteiger partial charge in [0, 0.05) is 28.7 Å². The number of fused-ring (bicyclic) bond motifs is 4. The minimum Gasteiger partial charge on any atom is -0.289 e. The summed E-state index contributed by atoms with van der Waals surface area (Å²) in [6, 6.07) is 9.33. The van der Waals surface area contributed by atoms with Crippen LogP contribution in [-0.2, 0) is 35.0 Å². The van der Waals surface area contributed by atoms with Crippen molar-refractivity contribution in [2.45, 2.75) is 18.6 Å². The molecular weight excluding hydrogens is 420 g/mol. The van der Waals surface area contributed by atoms with Crippen molar-refractivity contribution in [1.82, 2.24) is 0 Å². The first kappa shape index (κ1) is 19.9. The minimum atomic E-state index is -3.96. The van der Waals surface area contributed by atoms with Crippen LogP contribution in [0.3, 0.4) is 0 Å². The lowest BCUT2D eigenvalue weighted by Crippen LogP contribution is -2.25. The Kier molecular flexibility index (Phi) is 4.50. The van der Waals surface area contributed by atoms with Gasteiger partial charge in [-0.1, -0.05) is 30.3 Å². The quantitative estimate of drug-likeness (QED) is 0.563. The first-order chi connectivity index (χ1) is 13.5. The van der Waals surface area contributed by atoms with E-state index in [1.165, 1.54) is 12.1 Å². The van der Waals surface area contributed by atoms with Crippen LogP contribution in [0.5, 0.6) is 0 Å². The zero-order valence-electron chi connectivity index (χ0n) is 15.4. The summed E-state index contributed by atoms with van der Waals surface area (Å²) in [5, 5.41) is 0. The van der Waals surface area contributed by atoms with E-state index in [0.717, 1.165) is 12.5 Å². The van der Waals surface area contributed by atoms with Gasteiger partial charge in [0.05, 0.1) is 12.5 Å². The zero-order chi connectivity index (χ0) is 21.1. The van der Waals surface area contributed by atoms with Crippen LogP contribution in [0, 0.1) is 0 Å². The van der Waals surface area contributed by atoms with Crippen LogP contribution in [-0.4, -0.2) is 47.0 Å². The third-order valence-corrected chi connectivity index (χ3v) is 6.02. The molecule has 0 aliphatic heterocycles. The maximum absolute atomic E-state index is 13.1. The molecule has 10 heteroatoms. The molecule has 0 spiro atoms. The van der Waals surface area contributed by atoms with Gasteiger partial charge in [0.15, 0.2) is 11.6 Å². The number of benzene rings is 2. The van der Waals surface area contributed by atoms with Gasteiger partial charge in [-0.25, -0.2) is 0 Å². The predicted molar refractivity (Wildman–Crippen MR) is 102 cm³/mol. The van der Waals surface area contributed by atoms with Gasteiger partial charge in [-0.2, -0.15) is 16.8 Å². The molecule has 0 amide bonds. The highest BCUT2D eigenvalue weighted by atomic mass is 32.2. The molecule has 8 nitrogen and oxygen atoms in total. The minimum absolute atomic E-state index is 0.0903. The normalized spacial score (nSPS) is 20.9. The lowest BCUT2D eigenvalue weighted by atomic mass is 9.81. The fraction of sp³-hybridized carbons (Fsp3) is 0.263. The van der Waals surface area contributed by atoms with Gasteiger partial charge in [-0.15, -0.1) is 0 Å². The molecule has 2 aliphatic rings. The largest absolute Gasteiger partial charge is 0.289 e. The molecule has 2 atom stereocenters. The molecule has 2 aliphatic carbocycles. The lowest BCUT2D eigenvalue weighted by Gasteiger charge is -2.20. The van der Waals surface area contributed by atoms with Crippen LogP contribution >= 0.6 is 0 Å². The molecule has 0 heterocycles. The van der Waals surface area contributed by atoms with E-state index in [2.05, 4.69) is 0 Å². The Bertz CT molecular complexity index is 1280. The van der Waals surface area contributed by atoms with Crippen molar-refractivity contribution in [3.63, 3.8) is 0 Å². The van der Waals surface area contributed by atoms with E-state index in [4.69, 9.17) is 8.37 Å². The van der Waals surface area contributed by atoms with E-state index >= 15 is 0 Å². The molecule has 29 heavy (non-hydrogen) atoms. The summed E-state index contributed by atoms with van der Waals surface area (Å²) in [7, 11) is -7.89. The van der Waals surface area contributed by atoms with Gasteiger partial charge in [0.1, 0.15) is 12.2 Å². The fourth-order valence-electron chi connectivity index (χ4n) is 3.88. The third kappa shape index (κ3) is 3.52. The highest BCUT2D eigenvalue weighted by Gasteiger charge is 2.43. The fourth-order valence-corrected chi connectivity index (χ4v) is 5.10. The Morgan fingerprint density at radius 1 is 0.793 bits per heavy atom. The Hall–Kier alpha value is -2.40. The molecule has 2 aromatic carbocycles. The second kappa shape index (κ2) is 6.56. The van der Waals surface area contributed by atoms with Crippen molar-refractivity contribution in [2.24, 2.45) is 0 Å². The topological polar surface area (TPSA) is 121 Å². The maximum atomic E-state index is 13.1. The van der Waals surface area contributed by atoms with Gasteiger partial charge >= 0.3 is 0 Å². The van der Waals surface area contributed by atoms with Crippen LogP contribution in [0.1, 0.15) is 49.1 Å². The molecule has 0 N–H and O–H groups in total. The summed E-state index contributed by atoms with van der Waals surface area (Å²) in [5.41, 5.74) is 1.52. The van der Waals surface area contributed by atoms with E-state index in [1.807, 2.05) is 0 Å². The van der Waals surface area contributed by atoms with Crippen LogP contribution < -0.4 is 0 Å². The molecule has 0 saturated carbocycles. The standard InChI is InChI=1S/C19H16O8S2/c1-28(22,23)26-15-9-14-12(19(15)27-29(2,24)25)7-8-13-16(14)18(21)11-6-4-3-5-10(11)17(13)20/h3-8,15,19H,9H2,1-2H3. The molecule has 0 saturated heterocycles.